The first-order chi connectivity index (χ1) is 13.1. The first kappa shape index (κ1) is 21.6. The molecular formula is C18H20ClN3O5S. The summed E-state index contributed by atoms with van der Waals surface area (Å²) in [5.41, 5.74) is 1.10. The minimum Gasteiger partial charge on any atom is -0.326 e. The van der Waals surface area contributed by atoms with Crippen LogP contribution in [0.15, 0.2) is 42.5 Å². The second kappa shape index (κ2) is 9.03. The molecule has 0 aliphatic carbocycles. The molecule has 2 aromatic carbocycles. The first-order valence-corrected chi connectivity index (χ1v) is 10.6. The van der Waals surface area contributed by atoms with Gasteiger partial charge in [-0.15, -0.1) is 0 Å². The van der Waals surface area contributed by atoms with Crippen molar-refractivity contribution in [3.05, 3.63) is 63.2 Å². The summed E-state index contributed by atoms with van der Waals surface area (Å²) in [5.74, 6) is -0.354. The highest BCUT2D eigenvalue weighted by molar-refractivity contribution is 7.92. The fourth-order valence-electron chi connectivity index (χ4n) is 2.65. The lowest BCUT2D eigenvalue weighted by molar-refractivity contribution is -0.385. The molecule has 2 rings (SSSR count). The number of anilines is 2. The van der Waals surface area contributed by atoms with Crippen molar-refractivity contribution in [1.82, 2.24) is 0 Å². The van der Waals surface area contributed by atoms with Gasteiger partial charge in [0.25, 0.3) is 5.69 Å². The average molecular weight is 426 g/mol. The number of sulfonamides is 1. The quantitative estimate of drug-likeness (QED) is 0.511. The lowest BCUT2D eigenvalue weighted by Crippen LogP contribution is -2.31. The number of halogens is 1. The Morgan fingerprint density at radius 1 is 1.21 bits per heavy atom. The molecule has 0 atom stereocenters. The van der Waals surface area contributed by atoms with Gasteiger partial charge in [-0.05, 0) is 43.7 Å². The van der Waals surface area contributed by atoms with Gasteiger partial charge in [-0.1, -0.05) is 17.7 Å². The third-order valence-electron chi connectivity index (χ3n) is 4.06. The number of hydrogen-bond donors (Lipinski definition) is 1. The molecule has 10 heteroatoms. The zero-order valence-electron chi connectivity index (χ0n) is 15.4. The molecule has 0 saturated heterocycles. The van der Waals surface area contributed by atoms with Crippen LogP contribution in [0, 0.1) is 17.0 Å². The van der Waals surface area contributed by atoms with E-state index in [1.165, 1.54) is 16.4 Å². The van der Waals surface area contributed by atoms with E-state index in [0.29, 0.717) is 22.0 Å². The molecule has 2 aromatic rings. The van der Waals surface area contributed by atoms with Crippen LogP contribution in [-0.2, 0) is 14.8 Å². The molecule has 0 saturated carbocycles. The van der Waals surface area contributed by atoms with Gasteiger partial charge < -0.3 is 5.32 Å². The standard InChI is InChI=1S/C18H20ClN3O5S/c1-13-16(5-3-6-17(13)22(24)25)20-18(23)7-4-12-21(28(2,26)27)15-10-8-14(19)9-11-15/h3,5-6,8-11H,4,7,12H2,1-2H3,(H,20,23). The van der Waals surface area contributed by atoms with Crippen molar-refractivity contribution in [2.45, 2.75) is 19.8 Å². The first-order valence-electron chi connectivity index (χ1n) is 8.36. The molecule has 1 N–H and O–H groups in total. The minimum absolute atomic E-state index is 0.0573. The van der Waals surface area contributed by atoms with E-state index in [0.717, 1.165) is 6.26 Å². The highest BCUT2D eigenvalue weighted by Gasteiger charge is 2.18. The number of carbonyl (C=O) groups excluding carboxylic acids is 1. The smallest absolute Gasteiger partial charge is 0.274 e. The normalized spacial score (nSPS) is 11.1. The zero-order chi connectivity index (χ0) is 20.9. The van der Waals surface area contributed by atoms with Crippen molar-refractivity contribution < 1.29 is 18.1 Å². The molecule has 0 aliphatic rings. The van der Waals surface area contributed by atoms with Gasteiger partial charge >= 0.3 is 0 Å². The number of benzene rings is 2. The number of hydrogen-bond acceptors (Lipinski definition) is 5. The Labute approximate surface area is 168 Å². The third kappa shape index (κ3) is 5.67. The highest BCUT2D eigenvalue weighted by Crippen LogP contribution is 2.25. The Kier molecular flexibility index (Phi) is 6.98. The summed E-state index contributed by atoms with van der Waals surface area (Å²) in [6.07, 6.45) is 1.42. The van der Waals surface area contributed by atoms with Crippen molar-refractivity contribution in [3.8, 4) is 0 Å². The van der Waals surface area contributed by atoms with Crippen LogP contribution in [0.25, 0.3) is 0 Å². The van der Waals surface area contributed by atoms with Crippen LogP contribution in [0.1, 0.15) is 18.4 Å². The summed E-state index contributed by atoms with van der Waals surface area (Å²) >= 11 is 5.83. The number of nitrogens with zero attached hydrogens (tertiary/aromatic N) is 2. The number of nitro benzene ring substituents is 1. The summed E-state index contributed by atoms with van der Waals surface area (Å²) in [4.78, 5) is 22.7. The van der Waals surface area contributed by atoms with Gasteiger partial charge in [0.05, 0.1) is 28.1 Å². The van der Waals surface area contributed by atoms with Gasteiger partial charge in [0.2, 0.25) is 15.9 Å². The van der Waals surface area contributed by atoms with E-state index in [9.17, 15) is 23.3 Å². The van der Waals surface area contributed by atoms with Gasteiger partial charge in [-0.2, -0.15) is 0 Å². The molecule has 1 amide bonds. The average Bonchev–Trinajstić information content (AvgIpc) is 2.60. The van der Waals surface area contributed by atoms with E-state index in [2.05, 4.69) is 5.32 Å². The molecule has 150 valence electrons. The van der Waals surface area contributed by atoms with E-state index in [1.807, 2.05) is 0 Å². The van der Waals surface area contributed by atoms with Gasteiger partial charge in [0.15, 0.2) is 0 Å². The zero-order valence-corrected chi connectivity index (χ0v) is 17.0. The van der Waals surface area contributed by atoms with Crippen LogP contribution < -0.4 is 9.62 Å². The number of nitrogens with one attached hydrogen (secondary N) is 1. The molecule has 0 aliphatic heterocycles. The van der Waals surface area contributed by atoms with E-state index in [-0.39, 0.29) is 31.0 Å². The summed E-state index contributed by atoms with van der Waals surface area (Å²) in [7, 11) is -3.53. The monoisotopic (exact) mass is 425 g/mol. The molecule has 28 heavy (non-hydrogen) atoms. The van der Waals surface area contributed by atoms with E-state index < -0.39 is 14.9 Å². The van der Waals surface area contributed by atoms with Crippen LogP contribution in [0.5, 0.6) is 0 Å². The van der Waals surface area contributed by atoms with Gasteiger partial charge in [-0.3, -0.25) is 19.2 Å². The van der Waals surface area contributed by atoms with E-state index >= 15 is 0 Å². The lowest BCUT2D eigenvalue weighted by Gasteiger charge is -2.22. The number of amides is 1. The van der Waals surface area contributed by atoms with Crippen LogP contribution in [0.2, 0.25) is 5.02 Å². The van der Waals surface area contributed by atoms with Gasteiger partial charge in [-0.25, -0.2) is 8.42 Å². The van der Waals surface area contributed by atoms with Crippen molar-refractivity contribution >= 4 is 44.6 Å². The predicted octanol–water partition coefficient (Wildman–Crippen LogP) is 3.74. The second-order valence-corrected chi connectivity index (χ2v) is 8.51. The summed E-state index contributed by atoms with van der Waals surface area (Å²) in [6.45, 7) is 1.67. The van der Waals surface area contributed by atoms with Gasteiger partial charge in [0.1, 0.15) is 0 Å². The predicted molar refractivity (Wildman–Crippen MR) is 109 cm³/mol. The molecule has 0 fully saturated rings. The Morgan fingerprint density at radius 3 is 2.43 bits per heavy atom. The van der Waals surface area contributed by atoms with Crippen LogP contribution in [0.3, 0.4) is 0 Å². The second-order valence-electron chi connectivity index (χ2n) is 6.17. The maximum Gasteiger partial charge on any atom is 0.274 e. The Balaban J connectivity index is 2.01. The highest BCUT2D eigenvalue weighted by atomic mass is 35.5. The summed E-state index contributed by atoms with van der Waals surface area (Å²) in [5, 5.41) is 14.1. The molecule has 0 aromatic heterocycles. The van der Waals surface area contributed by atoms with Crippen molar-refractivity contribution in [1.29, 1.82) is 0 Å². The maximum absolute atomic E-state index is 12.2. The molecule has 8 nitrogen and oxygen atoms in total. The fourth-order valence-corrected chi connectivity index (χ4v) is 3.74. The molecule has 0 bridgehead atoms. The summed E-state index contributed by atoms with van der Waals surface area (Å²) in [6, 6.07) is 10.8. The number of carbonyl (C=O) groups is 1. The molecule has 0 unspecified atom stereocenters. The van der Waals surface area contributed by atoms with E-state index in [1.54, 1.807) is 37.3 Å². The largest absolute Gasteiger partial charge is 0.326 e. The lowest BCUT2D eigenvalue weighted by atomic mass is 10.1. The number of nitro groups is 1. The number of rotatable bonds is 8. The van der Waals surface area contributed by atoms with Crippen LogP contribution >= 0.6 is 11.6 Å². The Hall–Kier alpha value is -2.65. The Morgan fingerprint density at radius 2 is 1.86 bits per heavy atom. The van der Waals surface area contributed by atoms with Crippen molar-refractivity contribution in [2.24, 2.45) is 0 Å². The molecular weight excluding hydrogens is 406 g/mol. The minimum atomic E-state index is -3.53. The topological polar surface area (TPSA) is 110 Å². The summed E-state index contributed by atoms with van der Waals surface area (Å²) < 4.78 is 25.3. The van der Waals surface area contributed by atoms with Gasteiger partial charge in [0, 0.05) is 24.1 Å². The van der Waals surface area contributed by atoms with Crippen molar-refractivity contribution in [2.75, 3.05) is 22.4 Å². The molecule has 0 heterocycles. The fraction of sp³-hybridized carbons (Fsp3) is 0.278. The third-order valence-corrected chi connectivity index (χ3v) is 5.50. The molecule has 0 radical (unpaired) electrons. The van der Waals surface area contributed by atoms with Crippen LogP contribution in [0.4, 0.5) is 17.1 Å². The van der Waals surface area contributed by atoms with E-state index in [4.69, 9.17) is 11.6 Å². The SMILES string of the molecule is Cc1c(NC(=O)CCCN(c2ccc(Cl)cc2)S(C)(=O)=O)cccc1[N+](=O)[O-]. The maximum atomic E-state index is 12.2. The molecule has 0 spiro atoms. The Bertz CT molecular complexity index is 977. The van der Waals surface area contributed by atoms with Crippen LogP contribution in [-0.4, -0.2) is 32.0 Å². The van der Waals surface area contributed by atoms with Crippen molar-refractivity contribution in [3.63, 3.8) is 0 Å².